The fraction of sp³-hybridized carbons (Fsp3) is 0.812. The van der Waals surface area contributed by atoms with Gasteiger partial charge in [0.05, 0.1) is 26.4 Å². The van der Waals surface area contributed by atoms with Crippen LogP contribution >= 0.6 is 7.82 Å². The van der Waals surface area contributed by atoms with E-state index in [1.165, 1.54) is 89.9 Å². The van der Waals surface area contributed by atoms with E-state index in [0.29, 0.717) is 6.61 Å². The van der Waals surface area contributed by atoms with Crippen LogP contribution in [0.5, 0.6) is 0 Å². The van der Waals surface area contributed by atoms with Gasteiger partial charge in [0.2, 0.25) is 0 Å². The van der Waals surface area contributed by atoms with E-state index in [4.69, 9.17) is 14.9 Å². The molecule has 0 aromatic rings. The van der Waals surface area contributed by atoms with Gasteiger partial charge in [0.15, 0.2) is 0 Å². The number of hydrogen-bond acceptors (Lipinski definition) is 7. The first kappa shape index (κ1) is 40.2. The standard InChI is InChI=1S/C32H61O8P/c1-2-3-4-5-6-7-8-9-10-11-12-13-14-15-16-17-18-19-20-21-22-23-24-25-26-38-28-32(35)30-40-41(36,37)39-29-31(34)27-33/h8-9,11-12,14-15,31-35H,2-7,10,13,16-30H2,1H3,(H,36,37)/b9-8-,12-11-,15-14-. The number of allylic oxidation sites excluding steroid dienone is 6. The van der Waals surface area contributed by atoms with Gasteiger partial charge in [-0.2, -0.15) is 0 Å². The lowest BCUT2D eigenvalue weighted by molar-refractivity contribution is -0.00437. The van der Waals surface area contributed by atoms with E-state index in [0.717, 1.165) is 25.7 Å². The van der Waals surface area contributed by atoms with E-state index in [1.807, 2.05) is 0 Å². The van der Waals surface area contributed by atoms with Gasteiger partial charge >= 0.3 is 7.82 Å². The average Bonchev–Trinajstić information content (AvgIpc) is 2.96. The van der Waals surface area contributed by atoms with Gasteiger partial charge in [-0.15, -0.1) is 0 Å². The Morgan fingerprint density at radius 3 is 1.56 bits per heavy atom. The van der Waals surface area contributed by atoms with Gasteiger partial charge in [-0.3, -0.25) is 9.05 Å². The Kier molecular flexibility index (Phi) is 30.0. The summed E-state index contributed by atoms with van der Waals surface area (Å²) in [6.07, 6.45) is 33.5. The Morgan fingerprint density at radius 1 is 0.610 bits per heavy atom. The molecule has 0 aliphatic heterocycles. The molecule has 0 bridgehead atoms. The smallest absolute Gasteiger partial charge is 0.394 e. The average molecular weight is 605 g/mol. The van der Waals surface area contributed by atoms with Crippen LogP contribution in [0.2, 0.25) is 0 Å². The van der Waals surface area contributed by atoms with Crippen molar-refractivity contribution in [1.82, 2.24) is 0 Å². The number of ether oxygens (including phenoxy) is 1. The first-order valence-corrected chi connectivity index (χ1v) is 17.5. The SMILES string of the molecule is CCCCCCC/C=C\C/C=C\C/C=C\CCCCCCCCCCCOCC(O)COP(=O)(O)OCC(O)CO. The Morgan fingerprint density at radius 2 is 1.05 bits per heavy atom. The van der Waals surface area contributed by atoms with Crippen molar-refractivity contribution in [3.8, 4) is 0 Å². The number of aliphatic hydroxyl groups is 3. The molecule has 0 spiro atoms. The number of unbranched alkanes of at least 4 members (excludes halogenated alkanes) is 14. The van der Waals surface area contributed by atoms with Crippen molar-refractivity contribution < 1.29 is 38.6 Å². The van der Waals surface area contributed by atoms with Crippen LogP contribution in [0.25, 0.3) is 0 Å². The topological polar surface area (TPSA) is 126 Å². The second kappa shape index (κ2) is 30.6. The summed E-state index contributed by atoms with van der Waals surface area (Å²) in [5, 5.41) is 27.6. The van der Waals surface area contributed by atoms with Crippen LogP contribution in [-0.4, -0.2) is 65.5 Å². The van der Waals surface area contributed by atoms with Crippen LogP contribution < -0.4 is 0 Å². The van der Waals surface area contributed by atoms with E-state index in [1.54, 1.807) is 0 Å². The van der Waals surface area contributed by atoms with Crippen LogP contribution in [-0.2, 0) is 18.3 Å². The molecule has 3 unspecified atom stereocenters. The van der Waals surface area contributed by atoms with Crippen LogP contribution in [0, 0.1) is 0 Å². The third-order valence-corrected chi connectivity index (χ3v) is 7.51. The monoisotopic (exact) mass is 604 g/mol. The van der Waals surface area contributed by atoms with Gasteiger partial charge in [-0.1, -0.05) is 114 Å². The Hall–Kier alpha value is -0.830. The van der Waals surface area contributed by atoms with Crippen molar-refractivity contribution in [2.24, 2.45) is 0 Å². The molecule has 0 rings (SSSR count). The predicted molar refractivity (Wildman–Crippen MR) is 168 cm³/mol. The van der Waals surface area contributed by atoms with Crippen molar-refractivity contribution >= 4 is 7.82 Å². The zero-order valence-electron chi connectivity index (χ0n) is 25.8. The molecule has 0 aliphatic carbocycles. The summed E-state index contributed by atoms with van der Waals surface area (Å²) in [6, 6.07) is 0. The molecule has 0 heterocycles. The molecular formula is C32H61O8P. The Balaban J connectivity index is 3.39. The normalized spacial score (nSPS) is 15.3. The highest BCUT2D eigenvalue weighted by molar-refractivity contribution is 7.47. The van der Waals surface area contributed by atoms with Gasteiger partial charge in [-0.05, 0) is 44.9 Å². The maximum absolute atomic E-state index is 11.6. The van der Waals surface area contributed by atoms with E-state index < -0.39 is 39.9 Å². The summed E-state index contributed by atoms with van der Waals surface area (Å²) in [7, 11) is -4.39. The number of aliphatic hydroxyl groups excluding tert-OH is 3. The van der Waals surface area contributed by atoms with Gasteiger partial charge in [0.1, 0.15) is 12.2 Å². The molecule has 8 nitrogen and oxygen atoms in total. The molecular weight excluding hydrogens is 543 g/mol. The minimum absolute atomic E-state index is 0.00209. The fourth-order valence-corrected chi connectivity index (χ4v) is 4.86. The molecule has 0 fully saturated rings. The summed E-state index contributed by atoms with van der Waals surface area (Å²) >= 11 is 0. The maximum atomic E-state index is 11.6. The second-order valence-corrected chi connectivity index (χ2v) is 12.1. The van der Waals surface area contributed by atoms with Crippen molar-refractivity contribution in [1.29, 1.82) is 0 Å². The Bertz CT molecular complexity index is 683. The maximum Gasteiger partial charge on any atom is 0.472 e. The molecule has 0 saturated heterocycles. The summed E-state index contributed by atoms with van der Waals surface area (Å²) in [6.45, 7) is 1.23. The lowest BCUT2D eigenvalue weighted by Crippen LogP contribution is -2.23. The summed E-state index contributed by atoms with van der Waals surface area (Å²) in [5.74, 6) is 0. The van der Waals surface area contributed by atoms with E-state index in [2.05, 4.69) is 52.4 Å². The first-order chi connectivity index (χ1) is 19.9. The molecule has 0 aliphatic rings. The minimum Gasteiger partial charge on any atom is -0.394 e. The highest BCUT2D eigenvalue weighted by Crippen LogP contribution is 2.43. The Labute approximate surface area is 250 Å². The van der Waals surface area contributed by atoms with E-state index in [-0.39, 0.29) is 6.61 Å². The fourth-order valence-electron chi connectivity index (χ4n) is 4.07. The van der Waals surface area contributed by atoms with Crippen LogP contribution in [0.3, 0.4) is 0 Å². The van der Waals surface area contributed by atoms with Crippen molar-refractivity contribution in [3.63, 3.8) is 0 Å². The quantitative estimate of drug-likeness (QED) is 0.0363. The number of phosphoric ester groups is 1. The molecule has 3 atom stereocenters. The molecule has 0 saturated carbocycles. The van der Waals surface area contributed by atoms with Gasteiger partial charge in [-0.25, -0.2) is 4.57 Å². The minimum atomic E-state index is -4.39. The van der Waals surface area contributed by atoms with E-state index >= 15 is 0 Å². The molecule has 0 aromatic heterocycles. The second-order valence-electron chi connectivity index (χ2n) is 10.7. The van der Waals surface area contributed by atoms with Crippen LogP contribution in [0.1, 0.15) is 122 Å². The van der Waals surface area contributed by atoms with Crippen molar-refractivity contribution in [2.75, 3.05) is 33.0 Å². The zero-order valence-corrected chi connectivity index (χ0v) is 26.6. The molecule has 242 valence electrons. The highest BCUT2D eigenvalue weighted by Gasteiger charge is 2.24. The summed E-state index contributed by atoms with van der Waals surface area (Å²) in [4.78, 5) is 9.44. The predicted octanol–water partition coefficient (Wildman–Crippen LogP) is 7.56. The molecule has 0 amide bonds. The van der Waals surface area contributed by atoms with Crippen LogP contribution in [0.4, 0.5) is 0 Å². The summed E-state index contributed by atoms with van der Waals surface area (Å²) < 4.78 is 26.2. The summed E-state index contributed by atoms with van der Waals surface area (Å²) in [5.41, 5.74) is 0. The van der Waals surface area contributed by atoms with Gasteiger partial charge in [0, 0.05) is 6.61 Å². The lowest BCUT2D eigenvalue weighted by atomic mass is 10.1. The van der Waals surface area contributed by atoms with E-state index in [9.17, 15) is 14.6 Å². The highest BCUT2D eigenvalue weighted by atomic mass is 31.2. The van der Waals surface area contributed by atoms with Crippen molar-refractivity contribution in [3.05, 3.63) is 36.5 Å². The lowest BCUT2D eigenvalue weighted by Gasteiger charge is -2.16. The van der Waals surface area contributed by atoms with Gasteiger partial charge < -0.3 is 24.9 Å². The third kappa shape index (κ3) is 31.9. The van der Waals surface area contributed by atoms with Gasteiger partial charge in [0.25, 0.3) is 0 Å². The van der Waals surface area contributed by atoms with Crippen LogP contribution in [0.15, 0.2) is 36.5 Å². The molecule has 9 heteroatoms. The van der Waals surface area contributed by atoms with Crippen molar-refractivity contribution in [2.45, 2.75) is 135 Å². The molecule has 41 heavy (non-hydrogen) atoms. The zero-order chi connectivity index (χ0) is 30.3. The number of phosphoric acid groups is 1. The first-order valence-electron chi connectivity index (χ1n) is 16.0. The third-order valence-electron chi connectivity index (χ3n) is 6.56. The number of hydrogen-bond donors (Lipinski definition) is 4. The largest absolute Gasteiger partial charge is 0.472 e. The molecule has 0 radical (unpaired) electrons. The number of rotatable bonds is 31. The molecule has 0 aromatic carbocycles. The molecule has 4 N–H and O–H groups in total.